The maximum absolute atomic E-state index is 4.30. The first-order valence-electron chi connectivity index (χ1n) is 7.41. The largest absolute Gasteiger partial charge is 0.256 e. The molecule has 1 aromatic carbocycles. The first-order chi connectivity index (χ1) is 9.77. The summed E-state index contributed by atoms with van der Waals surface area (Å²) in [6.07, 6.45) is 5.36. The van der Waals surface area contributed by atoms with Crippen LogP contribution in [0.5, 0.6) is 0 Å². The fourth-order valence-corrected chi connectivity index (χ4v) is 2.10. The monoisotopic (exact) mass is 267 g/mol. The first kappa shape index (κ1) is 16.2. The van der Waals surface area contributed by atoms with Crippen LogP contribution >= 0.6 is 0 Å². The molecule has 0 saturated carbocycles. The lowest BCUT2D eigenvalue weighted by Gasteiger charge is -2.15. The third kappa shape index (κ3) is 5.00. The molecule has 0 amide bonds. The lowest BCUT2D eigenvalue weighted by Crippen LogP contribution is -2.02. The van der Waals surface area contributed by atoms with Gasteiger partial charge in [-0.05, 0) is 43.4 Å². The van der Waals surface area contributed by atoms with Crippen molar-refractivity contribution < 1.29 is 0 Å². The van der Waals surface area contributed by atoms with Gasteiger partial charge in [0.15, 0.2) is 0 Å². The van der Waals surface area contributed by atoms with E-state index in [2.05, 4.69) is 36.7 Å². The van der Waals surface area contributed by atoms with Crippen molar-refractivity contribution in [3.8, 4) is 0 Å². The lowest BCUT2D eigenvalue weighted by molar-refractivity contribution is 0.810. The average molecular weight is 267 g/mol. The summed E-state index contributed by atoms with van der Waals surface area (Å²) in [6, 6.07) is 14.4. The highest BCUT2D eigenvalue weighted by atomic mass is 14.7. The predicted octanol–water partition coefficient (Wildman–Crippen LogP) is 5.45. The van der Waals surface area contributed by atoms with Gasteiger partial charge in [-0.15, -0.1) is 0 Å². The molecule has 20 heavy (non-hydrogen) atoms. The number of fused-ring (bicyclic) bond motifs is 1. The molecule has 0 bridgehead atoms. The van der Waals surface area contributed by atoms with E-state index in [9.17, 15) is 0 Å². The van der Waals surface area contributed by atoms with E-state index >= 15 is 0 Å². The summed E-state index contributed by atoms with van der Waals surface area (Å²) in [6.45, 7) is 10.1. The second-order valence-corrected chi connectivity index (χ2v) is 4.62. The number of nitrogens with zero attached hydrogens (tertiary/aromatic N) is 1. The van der Waals surface area contributed by atoms with Gasteiger partial charge in [-0.25, -0.2) is 0 Å². The van der Waals surface area contributed by atoms with Crippen molar-refractivity contribution in [3.63, 3.8) is 0 Å². The second-order valence-electron chi connectivity index (χ2n) is 4.62. The van der Waals surface area contributed by atoms with E-state index < -0.39 is 0 Å². The van der Waals surface area contributed by atoms with E-state index in [0.29, 0.717) is 0 Å². The maximum atomic E-state index is 4.30. The summed E-state index contributed by atoms with van der Waals surface area (Å²) in [5, 5.41) is 0. The van der Waals surface area contributed by atoms with Gasteiger partial charge < -0.3 is 0 Å². The van der Waals surface area contributed by atoms with Gasteiger partial charge in [-0.3, -0.25) is 4.98 Å². The standard InChI is InChI=1S/C10H11N.C7H8.C2H6/c1-8-4-2-5-9-6-3-7-11-10(8)9;1-7-5-3-2-4-6-7;1-2/h3,6-7H,1-2,4-5H2;2-6H,1H3;1-2H3. The van der Waals surface area contributed by atoms with E-state index in [-0.39, 0.29) is 0 Å². The number of hydrogen-bond acceptors (Lipinski definition) is 1. The molecular weight excluding hydrogens is 242 g/mol. The molecule has 0 radical (unpaired) electrons. The summed E-state index contributed by atoms with van der Waals surface area (Å²) in [4.78, 5) is 4.30. The van der Waals surface area contributed by atoms with Gasteiger partial charge in [0.1, 0.15) is 0 Å². The molecule has 0 atom stereocenters. The van der Waals surface area contributed by atoms with Crippen molar-refractivity contribution in [3.05, 3.63) is 72.1 Å². The highest BCUT2D eigenvalue weighted by molar-refractivity contribution is 5.64. The Hall–Kier alpha value is -1.89. The molecule has 1 aliphatic rings. The van der Waals surface area contributed by atoms with Gasteiger partial charge in [0.2, 0.25) is 0 Å². The van der Waals surface area contributed by atoms with Crippen LogP contribution in [0.3, 0.4) is 0 Å². The third-order valence-electron chi connectivity index (χ3n) is 3.09. The Balaban J connectivity index is 0.000000193. The van der Waals surface area contributed by atoms with E-state index in [1.54, 1.807) is 0 Å². The molecule has 106 valence electrons. The number of benzene rings is 1. The van der Waals surface area contributed by atoms with Crippen LogP contribution < -0.4 is 0 Å². The number of aryl methyl sites for hydroxylation is 2. The minimum absolute atomic E-state index is 1.12. The second kappa shape index (κ2) is 9.08. The minimum Gasteiger partial charge on any atom is -0.256 e. The number of aromatic nitrogens is 1. The van der Waals surface area contributed by atoms with Crippen LogP contribution in [-0.4, -0.2) is 4.98 Å². The van der Waals surface area contributed by atoms with Crippen molar-refractivity contribution in [1.82, 2.24) is 4.98 Å². The van der Waals surface area contributed by atoms with Gasteiger partial charge >= 0.3 is 0 Å². The number of hydrogen-bond donors (Lipinski definition) is 0. The molecule has 0 fully saturated rings. The summed E-state index contributed by atoms with van der Waals surface area (Å²) in [5.74, 6) is 0. The molecule has 2 aromatic rings. The predicted molar refractivity (Wildman–Crippen MR) is 88.7 cm³/mol. The normalized spacial score (nSPS) is 12.2. The van der Waals surface area contributed by atoms with Crippen LogP contribution in [0.2, 0.25) is 0 Å². The van der Waals surface area contributed by atoms with Crippen molar-refractivity contribution in [2.45, 2.75) is 40.0 Å². The van der Waals surface area contributed by atoms with Crippen LogP contribution in [0, 0.1) is 6.92 Å². The van der Waals surface area contributed by atoms with Gasteiger partial charge in [-0.1, -0.05) is 62.4 Å². The Bertz CT molecular complexity index is 514. The van der Waals surface area contributed by atoms with Crippen molar-refractivity contribution >= 4 is 5.57 Å². The van der Waals surface area contributed by atoms with Crippen LogP contribution in [0.15, 0.2) is 55.2 Å². The van der Waals surface area contributed by atoms with Crippen LogP contribution in [0.25, 0.3) is 5.57 Å². The molecule has 0 N–H and O–H groups in total. The van der Waals surface area contributed by atoms with Gasteiger partial charge in [-0.2, -0.15) is 0 Å². The number of allylic oxidation sites excluding steroid dienone is 1. The van der Waals surface area contributed by atoms with Crippen LogP contribution in [-0.2, 0) is 6.42 Å². The van der Waals surface area contributed by atoms with Gasteiger partial charge in [0.05, 0.1) is 5.69 Å². The van der Waals surface area contributed by atoms with Gasteiger partial charge in [0, 0.05) is 6.20 Å². The summed E-state index contributed by atoms with van der Waals surface area (Å²) in [7, 11) is 0. The van der Waals surface area contributed by atoms with Crippen LogP contribution in [0.1, 0.15) is 43.5 Å². The fourth-order valence-electron chi connectivity index (χ4n) is 2.10. The molecule has 0 unspecified atom stereocenters. The van der Waals surface area contributed by atoms with Crippen LogP contribution in [0.4, 0.5) is 0 Å². The quantitative estimate of drug-likeness (QED) is 0.618. The van der Waals surface area contributed by atoms with Crippen molar-refractivity contribution in [2.24, 2.45) is 0 Å². The molecule has 0 saturated heterocycles. The van der Waals surface area contributed by atoms with Crippen molar-refractivity contribution in [1.29, 1.82) is 0 Å². The lowest BCUT2D eigenvalue weighted by atomic mass is 9.93. The SMILES string of the molecule is C=C1CCCc2cccnc21.CC.Cc1ccccc1. The fraction of sp³-hybridized carbons (Fsp3) is 0.316. The molecular formula is C19H25N. The Morgan fingerprint density at radius 1 is 0.950 bits per heavy atom. The average Bonchev–Trinajstić information content (AvgIpc) is 2.51. The number of rotatable bonds is 0. The molecule has 1 nitrogen and oxygen atoms in total. The molecule has 1 heteroatoms. The van der Waals surface area contributed by atoms with Crippen molar-refractivity contribution in [2.75, 3.05) is 0 Å². The molecule has 1 aliphatic carbocycles. The van der Waals surface area contributed by atoms with Gasteiger partial charge in [0.25, 0.3) is 0 Å². The topological polar surface area (TPSA) is 12.9 Å². The molecule has 1 heterocycles. The molecule has 1 aromatic heterocycles. The summed E-state index contributed by atoms with van der Waals surface area (Å²) < 4.78 is 0. The third-order valence-corrected chi connectivity index (χ3v) is 3.09. The maximum Gasteiger partial charge on any atom is 0.0687 e. The highest BCUT2D eigenvalue weighted by Crippen LogP contribution is 2.26. The summed E-state index contributed by atoms with van der Waals surface area (Å²) in [5.41, 5.74) is 5.02. The Labute approximate surface area is 123 Å². The number of pyridine rings is 1. The van der Waals surface area contributed by atoms with E-state index in [1.165, 1.54) is 29.5 Å². The highest BCUT2D eigenvalue weighted by Gasteiger charge is 2.11. The Morgan fingerprint density at radius 2 is 1.65 bits per heavy atom. The molecule has 0 aliphatic heterocycles. The smallest absolute Gasteiger partial charge is 0.0687 e. The minimum atomic E-state index is 1.12. The summed E-state index contributed by atoms with van der Waals surface area (Å²) >= 11 is 0. The Kier molecular flexibility index (Phi) is 7.34. The molecule has 0 spiro atoms. The zero-order chi connectivity index (χ0) is 14.8. The van der Waals surface area contributed by atoms with E-state index in [4.69, 9.17) is 0 Å². The first-order valence-corrected chi connectivity index (χ1v) is 7.41. The Morgan fingerprint density at radius 3 is 2.20 bits per heavy atom. The van der Waals surface area contributed by atoms with E-state index in [1.807, 2.05) is 44.3 Å². The van der Waals surface area contributed by atoms with E-state index in [0.717, 1.165) is 12.1 Å². The molecule has 3 rings (SSSR count). The zero-order valence-electron chi connectivity index (χ0n) is 12.9. The zero-order valence-corrected chi connectivity index (χ0v) is 12.9.